The second-order valence-electron chi connectivity index (χ2n) is 11.1. The first-order chi connectivity index (χ1) is 10.7. The van der Waals surface area contributed by atoms with E-state index in [1.54, 1.807) is 0 Å². The lowest BCUT2D eigenvalue weighted by atomic mass is 9.42. The largest absolute Gasteiger partial charge is 0.481 e. The van der Waals surface area contributed by atoms with Crippen LogP contribution >= 0.6 is 21.6 Å². The van der Waals surface area contributed by atoms with E-state index in [2.05, 4.69) is 76.2 Å². The van der Waals surface area contributed by atoms with E-state index in [9.17, 15) is 9.90 Å². The minimum atomic E-state index is -0.819. The van der Waals surface area contributed by atoms with Crippen molar-refractivity contribution >= 4 is 27.6 Å². The van der Waals surface area contributed by atoms with Crippen LogP contribution in [0.5, 0.6) is 0 Å². The van der Waals surface area contributed by atoms with Crippen molar-refractivity contribution in [3.8, 4) is 0 Å². The molecule has 1 saturated heterocycles. The first-order valence-corrected chi connectivity index (χ1v) is 11.4. The minimum absolute atomic E-state index is 0.00349. The normalized spacial score (nSPS) is 27.4. The molecule has 1 atom stereocenters. The summed E-state index contributed by atoms with van der Waals surface area (Å²) in [4.78, 5) is 12.1. The molecule has 0 aromatic heterocycles. The lowest BCUT2D eigenvalue weighted by Crippen LogP contribution is -2.64. The van der Waals surface area contributed by atoms with E-state index < -0.39 is 16.8 Å². The van der Waals surface area contributed by atoms with Crippen molar-refractivity contribution in [3.05, 3.63) is 0 Å². The van der Waals surface area contributed by atoms with Crippen LogP contribution in [0, 0.1) is 27.1 Å². The molecule has 1 N–H and O–H groups in total. The van der Waals surface area contributed by atoms with Crippen molar-refractivity contribution in [3.63, 3.8) is 0 Å². The van der Waals surface area contributed by atoms with Gasteiger partial charge in [0.1, 0.15) is 0 Å². The van der Waals surface area contributed by atoms with Gasteiger partial charge in [0.15, 0.2) is 0 Å². The fraction of sp³-hybridized carbons (Fsp3) is 0.952. The zero-order valence-corrected chi connectivity index (χ0v) is 20.3. The van der Waals surface area contributed by atoms with Gasteiger partial charge in [-0.25, -0.2) is 0 Å². The van der Waals surface area contributed by atoms with Crippen molar-refractivity contribution in [2.45, 2.75) is 99.5 Å². The van der Waals surface area contributed by atoms with Gasteiger partial charge >= 0.3 is 5.97 Å². The molecule has 1 fully saturated rings. The Kier molecular flexibility index (Phi) is 5.41. The quantitative estimate of drug-likeness (QED) is 0.508. The van der Waals surface area contributed by atoms with Crippen LogP contribution in [0.15, 0.2) is 0 Å². The third kappa shape index (κ3) is 2.63. The van der Waals surface area contributed by atoms with Crippen LogP contribution in [-0.4, -0.2) is 20.6 Å². The number of hydrogen-bond acceptors (Lipinski definition) is 3. The summed E-state index contributed by atoms with van der Waals surface area (Å²) in [5, 5.41) is 9.91. The van der Waals surface area contributed by atoms with Crippen LogP contribution in [0.25, 0.3) is 0 Å². The van der Waals surface area contributed by atoms with Crippen molar-refractivity contribution < 1.29 is 9.90 Å². The van der Waals surface area contributed by atoms with E-state index in [-0.39, 0.29) is 25.7 Å². The monoisotopic (exact) mass is 388 g/mol. The number of carboxylic acid groups (broad SMARTS) is 1. The molecular formula is C21H40O2S2. The molecule has 1 aliphatic rings. The molecule has 2 nitrogen and oxygen atoms in total. The lowest BCUT2D eigenvalue weighted by molar-refractivity contribution is -0.172. The fourth-order valence-corrected chi connectivity index (χ4v) is 9.06. The fourth-order valence-electron chi connectivity index (χ4n) is 4.28. The van der Waals surface area contributed by atoms with Gasteiger partial charge in [-0.1, -0.05) is 77.0 Å². The summed E-state index contributed by atoms with van der Waals surface area (Å²) < 4.78 is 0.162. The average molecular weight is 389 g/mol. The summed E-state index contributed by atoms with van der Waals surface area (Å²) in [7, 11) is 3.98. The summed E-state index contributed by atoms with van der Waals surface area (Å²) in [6, 6.07) is 0. The van der Waals surface area contributed by atoms with Crippen LogP contribution in [0.1, 0.15) is 90.0 Å². The van der Waals surface area contributed by atoms with Gasteiger partial charge in [0, 0.05) is 9.49 Å². The molecule has 1 aliphatic heterocycles. The van der Waals surface area contributed by atoms with E-state index in [1.165, 1.54) is 0 Å². The number of aliphatic carboxylic acids is 1. The van der Waals surface area contributed by atoms with Gasteiger partial charge in [-0.2, -0.15) is 0 Å². The second kappa shape index (κ2) is 5.83. The van der Waals surface area contributed by atoms with E-state index in [1.807, 2.05) is 35.4 Å². The van der Waals surface area contributed by atoms with Gasteiger partial charge < -0.3 is 5.11 Å². The average Bonchev–Trinajstić information content (AvgIpc) is 2.58. The van der Waals surface area contributed by atoms with Crippen LogP contribution in [0.3, 0.4) is 0 Å². The molecule has 0 bridgehead atoms. The molecule has 1 unspecified atom stereocenters. The summed E-state index contributed by atoms with van der Waals surface area (Å²) in [6.45, 7) is 29.1. The van der Waals surface area contributed by atoms with Crippen LogP contribution < -0.4 is 0 Å². The molecule has 0 aromatic carbocycles. The van der Waals surface area contributed by atoms with Crippen molar-refractivity contribution in [2.75, 3.05) is 0 Å². The smallest absolute Gasteiger partial charge is 0.309 e. The second-order valence-corrected chi connectivity index (χ2v) is 14.3. The Balaban J connectivity index is 3.59. The van der Waals surface area contributed by atoms with E-state index in [0.717, 1.165) is 0 Å². The predicted molar refractivity (Wildman–Crippen MR) is 114 cm³/mol. The van der Waals surface area contributed by atoms with Crippen LogP contribution in [0.2, 0.25) is 0 Å². The highest BCUT2D eigenvalue weighted by atomic mass is 33.1. The van der Waals surface area contributed by atoms with Gasteiger partial charge in [-0.05, 0) is 56.3 Å². The number of carboxylic acids is 1. The highest BCUT2D eigenvalue weighted by Crippen LogP contribution is 2.76. The Morgan fingerprint density at radius 2 is 1.16 bits per heavy atom. The summed E-state index contributed by atoms with van der Waals surface area (Å²) in [5.74, 6) is -0.723. The highest BCUT2D eigenvalue weighted by molar-refractivity contribution is 8.78. The highest BCUT2D eigenvalue weighted by Gasteiger charge is 2.69. The Bertz CT molecular complexity index is 556. The van der Waals surface area contributed by atoms with E-state index in [0.29, 0.717) is 0 Å². The maximum atomic E-state index is 12.1. The van der Waals surface area contributed by atoms with Gasteiger partial charge in [0.2, 0.25) is 0 Å². The molecule has 25 heavy (non-hydrogen) atoms. The molecule has 0 saturated carbocycles. The first kappa shape index (κ1) is 23.2. The maximum absolute atomic E-state index is 12.1. The summed E-state index contributed by atoms with van der Waals surface area (Å²) in [6.07, 6.45) is 0. The molecule has 0 amide bonds. The van der Waals surface area contributed by atoms with Gasteiger partial charge in [-0.15, -0.1) is 0 Å². The van der Waals surface area contributed by atoms with Gasteiger partial charge in [-0.3, -0.25) is 4.79 Å². The van der Waals surface area contributed by atoms with Crippen LogP contribution in [0.4, 0.5) is 0 Å². The first-order valence-electron chi connectivity index (χ1n) is 9.25. The van der Waals surface area contributed by atoms with E-state index in [4.69, 9.17) is 0 Å². The van der Waals surface area contributed by atoms with Crippen LogP contribution in [-0.2, 0) is 4.79 Å². The molecular weight excluding hydrogens is 348 g/mol. The topological polar surface area (TPSA) is 37.3 Å². The number of hydrogen-bond donors (Lipinski definition) is 1. The van der Waals surface area contributed by atoms with Crippen molar-refractivity contribution in [1.29, 1.82) is 0 Å². The van der Waals surface area contributed by atoms with E-state index >= 15 is 0 Å². The zero-order valence-electron chi connectivity index (χ0n) is 18.7. The van der Waals surface area contributed by atoms with Gasteiger partial charge in [0.25, 0.3) is 0 Å². The Morgan fingerprint density at radius 3 is 1.44 bits per heavy atom. The summed E-state index contributed by atoms with van der Waals surface area (Å²) in [5.41, 5.74) is -1.42. The molecule has 1 rings (SSSR count). The van der Waals surface area contributed by atoms with Crippen molar-refractivity contribution in [1.82, 2.24) is 0 Å². The van der Waals surface area contributed by atoms with Gasteiger partial charge in [0.05, 0.1) is 5.41 Å². The molecule has 0 aliphatic carbocycles. The third-order valence-electron chi connectivity index (χ3n) is 9.53. The molecule has 0 radical (unpaired) electrons. The number of carbonyl (C=O) groups is 1. The maximum Gasteiger partial charge on any atom is 0.309 e. The van der Waals surface area contributed by atoms with Crippen molar-refractivity contribution in [2.24, 2.45) is 27.1 Å². The predicted octanol–water partition coefficient (Wildman–Crippen LogP) is 7.13. The molecule has 1 heterocycles. The zero-order chi connectivity index (χ0) is 20.5. The molecule has 4 heteroatoms. The lowest BCUT2D eigenvalue weighted by Gasteiger charge is -2.64. The molecule has 148 valence electrons. The molecule has 0 aromatic rings. The SMILES string of the molecule is CC1(C)SSC(C)(C(C)(C)C(C)(C)C(C)(C)C(C)(C)C(=O)O)C1(C)C. The Morgan fingerprint density at radius 1 is 0.760 bits per heavy atom. The third-order valence-corrected chi connectivity index (χ3v) is 14.4. The standard InChI is InChI=1S/C21H40O2S2/c1-15(2,14(22)23)16(3,4)17(5,6)18(7,8)21(13)19(9,10)20(11,12)24-25-21/h1-13H3,(H,22,23). The summed E-state index contributed by atoms with van der Waals surface area (Å²) >= 11 is 0. The Labute approximate surface area is 164 Å². The Hall–Kier alpha value is 0.170. The number of rotatable bonds is 5. The molecule has 0 spiro atoms. The minimum Gasteiger partial charge on any atom is -0.481 e.